The molecule has 2 aromatic rings. The van der Waals surface area contributed by atoms with Gasteiger partial charge in [-0.3, -0.25) is 14.3 Å². The second-order valence-corrected chi connectivity index (χ2v) is 10.3. The summed E-state index contributed by atoms with van der Waals surface area (Å²) in [6, 6.07) is 6.66. The lowest BCUT2D eigenvalue weighted by Gasteiger charge is -2.36. The maximum atomic E-state index is 13.0. The lowest BCUT2D eigenvalue weighted by Crippen LogP contribution is -2.40. The molecule has 0 bridgehead atoms. The van der Waals surface area contributed by atoms with E-state index in [1.165, 1.54) is 0 Å². The van der Waals surface area contributed by atoms with E-state index in [-0.39, 0.29) is 23.8 Å². The van der Waals surface area contributed by atoms with Gasteiger partial charge < -0.3 is 24.4 Å². The number of hydrogen-bond donors (Lipinski definition) is 1. The standard InChI is InChI=1S/C28H36N4O6/c1-2-22-24-23(18-28(19-29-25(24)33)7-13-36-14-8-28)32(30-22)9-4-12-38-27(35)21-6-3-5-20(17-21)26(34)31-10-15-37-16-11-31/h3,5-6,17H,2,4,7-16,18-19H2,1H3,(H,29,33). The highest BCUT2D eigenvalue weighted by molar-refractivity contribution is 5.98. The number of ether oxygens (including phenoxy) is 3. The van der Waals surface area contributed by atoms with E-state index in [9.17, 15) is 14.4 Å². The summed E-state index contributed by atoms with van der Waals surface area (Å²) >= 11 is 0. The van der Waals surface area contributed by atoms with Crippen LogP contribution < -0.4 is 5.32 Å². The number of hydrogen-bond acceptors (Lipinski definition) is 7. The van der Waals surface area contributed by atoms with Crippen molar-refractivity contribution in [3.8, 4) is 0 Å². The van der Waals surface area contributed by atoms with Gasteiger partial charge in [-0.05, 0) is 49.3 Å². The zero-order chi connectivity index (χ0) is 26.5. The molecule has 3 aliphatic rings. The minimum atomic E-state index is -0.462. The number of benzene rings is 1. The summed E-state index contributed by atoms with van der Waals surface area (Å²) in [5.41, 5.74) is 3.28. The number of nitrogens with zero attached hydrogens (tertiary/aromatic N) is 3. The van der Waals surface area contributed by atoms with Gasteiger partial charge in [0.25, 0.3) is 11.8 Å². The van der Waals surface area contributed by atoms with E-state index in [1.807, 2.05) is 11.6 Å². The Bertz CT molecular complexity index is 1180. The summed E-state index contributed by atoms with van der Waals surface area (Å²) in [5.74, 6) is -0.625. The number of esters is 1. The highest BCUT2D eigenvalue weighted by Gasteiger charge is 2.39. The van der Waals surface area contributed by atoms with Crippen LogP contribution >= 0.6 is 0 Å². The number of carbonyl (C=O) groups is 3. The molecule has 1 spiro atoms. The van der Waals surface area contributed by atoms with Gasteiger partial charge in [0.05, 0.1) is 42.3 Å². The lowest BCUT2D eigenvalue weighted by atomic mass is 9.76. The molecule has 0 unspecified atom stereocenters. The number of nitrogens with one attached hydrogen (secondary N) is 1. The third-order valence-electron chi connectivity index (χ3n) is 7.80. The number of fused-ring (bicyclic) bond motifs is 1. The number of morpholine rings is 1. The molecule has 0 radical (unpaired) electrons. The largest absolute Gasteiger partial charge is 0.462 e. The van der Waals surface area contributed by atoms with E-state index in [0.717, 1.165) is 30.7 Å². The Balaban J connectivity index is 1.21. The Kier molecular flexibility index (Phi) is 8.09. The second kappa shape index (κ2) is 11.7. The van der Waals surface area contributed by atoms with Crippen molar-refractivity contribution in [2.24, 2.45) is 5.41 Å². The Morgan fingerprint density at radius 3 is 2.61 bits per heavy atom. The Labute approximate surface area is 222 Å². The van der Waals surface area contributed by atoms with Gasteiger partial charge in [-0.15, -0.1) is 0 Å². The van der Waals surface area contributed by atoms with Crippen molar-refractivity contribution in [2.75, 3.05) is 52.7 Å². The number of aryl methyl sites for hydroxylation is 2. The Morgan fingerprint density at radius 1 is 1.11 bits per heavy atom. The smallest absolute Gasteiger partial charge is 0.338 e. The number of aromatic nitrogens is 2. The van der Waals surface area contributed by atoms with Crippen LogP contribution in [-0.2, 0) is 33.6 Å². The summed E-state index contributed by atoms with van der Waals surface area (Å²) in [5, 5.41) is 7.90. The van der Waals surface area contributed by atoms with Crippen molar-refractivity contribution in [3.05, 3.63) is 52.3 Å². The topological polar surface area (TPSA) is 112 Å². The van der Waals surface area contributed by atoms with Crippen LogP contribution in [0.15, 0.2) is 24.3 Å². The fourth-order valence-electron chi connectivity index (χ4n) is 5.55. The molecule has 204 valence electrons. The second-order valence-electron chi connectivity index (χ2n) is 10.3. The van der Waals surface area contributed by atoms with Crippen LogP contribution in [0.1, 0.15) is 68.6 Å². The van der Waals surface area contributed by atoms with Crippen LogP contribution in [0.5, 0.6) is 0 Å². The highest BCUT2D eigenvalue weighted by Crippen LogP contribution is 2.37. The van der Waals surface area contributed by atoms with Crippen molar-refractivity contribution in [2.45, 2.75) is 45.6 Å². The molecule has 38 heavy (non-hydrogen) atoms. The van der Waals surface area contributed by atoms with E-state index in [0.29, 0.717) is 82.1 Å². The fraction of sp³-hybridized carbons (Fsp3) is 0.571. The molecular weight excluding hydrogens is 488 g/mol. The Morgan fingerprint density at radius 2 is 1.84 bits per heavy atom. The molecule has 2 fully saturated rings. The zero-order valence-electron chi connectivity index (χ0n) is 22.0. The molecule has 10 heteroatoms. The van der Waals surface area contributed by atoms with Crippen molar-refractivity contribution in [1.29, 1.82) is 0 Å². The predicted octanol–water partition coefficient (Wildman–Crippen LogP) is 2.25. The van der Waals surface area contributed by atoms with Crippen molar-refractivity contribution < 1.29 is 28.6 Å². The summed E-state index contributed by atoms with van der Waals surface area (Å²) in [6.45, 7) is 6.95. The third kappa shape index (κ3) is 5.61. The molecule has 4 heterocycles. The molecular formula is C28H36N4O6. The molecule has 0 saturated carbocycles. The fourth-order valence-corrected chi connectivity index (χ4v) is 5.55. The SMILES string of the molecule is CCc1nn(CCCOC(=O)c2cccc(C(=O)N3CCOCC3)c2)c2c1C(=O)NCC1(CCOCC1)C2. The monoisotopic (exact) mass is 524 g/mol. The van der Waals surface area contributed by atoms with Crippen LogP contribution in [-0.4, -0.2) is 85.1 Å². The van der Waals surface area contributed by atoms with Crippen LogP contribution in [0, 0.1) is 5.41 Å². The van der Waals surface area contributed by atoms with Crippen LogP contribution in [0.25, 0.3) is 0 Å². The van der Waals surface area contributed by atoms with Gasteiger partial charge in [-0.2, -0.15) is 5.10 Å². The first kappa shape index (κ1) is 26.4. The minimum absolute atomic E-state index is 0.0158. The predicted molar refractivity (Wildman–Crippen MR) is 138 cm³/mol. The zero-order valence-corrected chi connectivity index (χ0v) is 22.0. The first-order chi connectivity index (χ1) is 18.5. The molecule has 3 aliphatic heterocycles. The summed E-state index contributed by atoms with van der Waals surface area (Å²) < 4.78 is 18.4. The van der Waals surface area contributed by atoms with E-state index >= 15 is 0 Å². The van der Waals surface area contributed by atoms with E-state index in [4.69, 9.17) is 19.3 Å². The summed E-state index contributed by atoms with van der Waals surface area (Å²) in [4.78, 5) is 40.2. The molecule has 0 aliphatic carbocycles. The van der Waals surface area contributed by atoms with Gasteiger partial charge in [-0.1, -0.05) is 13.0 Å². The first-order valence-corrected chi connectivity index (χ1v) is 13.6. The average molecular weight is 525 g/mol. The maximum Gasteiger partial charge on any atom is 0.338 e. The molecule has 5 rings (SSSR count). The van der Waals surface area contributed by atoms with Crippen molar-refractivity contribution in [3.63, 3.8) is 0 Å². The summed E-state index contributed by atoms with van der Waals surface area (Å²) in [6.07, 6.45) is 3.83. The van der Waals surface area contributed by atoms with Gasteiger partial charge in [0.1, 0.15) is 0 Å². The molecule has 1 aromatic heterocycles. The van der Waals surface area contributed by atoms with E-state index in [1.54, 1.807) is 29.2 Å². The maximum absolute atomic E-state index is 13.0. The van der Waals surface area contributed by atoms with Gasteiger partial charge in [-0.25, -0.2) is 4.79 Å². The van der Waals surface area contributed by atoms with Crippen LogP contribution in [0.3, 0.4) is 0 Å². The molecule has 10 nitrogen and oxygen atoms in total. The third-order valence-corrected chi connectivity index (χ3v) is 7.80. The van der Waals surface area contributed by atoms with Crippen molar-refractivity contribution in [1.82, 2.24) is 20.0 Å². The molecule has 1 aromatic carbocycles. The number of carbonyl (C=O) groups excluding carboxylic acids is 3. The summed E-state index contributed by atoms with van der Waals surface area (Å²) in [7, 11) is 0. The van der Waals surface area contributed by atoms with Gasteiger partial charge in [0, 0.05) is 51.4 Å². The van der Waals surface area contributed by atoms with Gasteiger partial charge in [0.2, 0.25) is 0 Å². The molecule has 2 saturated heterocycles. The highest BCUT2D eigenvalue weighted by atomic mass is 16.5. The van der Waals surface area contributed by atoms with Crippen LogP contribution in [0.2, 0.25) is 0 Å². The first-order valence-electron chi connectivity index (χ1n) is 13.6. The molecule has 2 amide bonds. The number of rotatable bonds is 7. The minimum Gasteiger partial charge on any atom is -0.462 e. The quantitative estimate of drug-likeness (QED) is 0.437. The van der Waals surface area contributed by atoms with E-state index in [2.05, 4.69) is 5.32 Å². The average Bonchev–Trinajstić information content (AvgIpc) is 3.24. The van der Waals surface area contributed by atoms with Gasteiger partial charge in [0.15, 0.2) is 0 Å². The molecule has 0 atom stereocenters. The number of amides is 2. The van der Waals surface area contributed by atoms with Crippen LogP contribution in [0.4, 0.5) is 0 Å². The van der Waals surface area contributed by atoms with E-state index < -0.39 is 5.97 Å². The molecule has 1 N–H and O–H groups in total. The normalized spacial score (nSPS) is 19.0. The Hall–Kier alpha value is -3.24. The van der Waals surface area contributed by atoms with Crippen molar-refractivity contribution >= 4 is 17.8 Å². The van der Waals surface area contributed by atoms with Gasteiger partial charge >= 0.3 is 5.97 Å². The lowest BCUT2D eigenvalue weighted by molar-refractivity contribution is 0.0152.